The van der Waals surface area contributed by atoms with Crippen molar-refractivity contribution in [1.29, 1.82) is 0 Å². The van der Waals surface area contributed by atoms with Gasteiger partial charge in [-0.1, -0.05) is 12.8 Å². The summed E-state index contributed by atoms with van der Waals surface area (Å²) in [6, 6.07) is 6.64. The highest BCUT2D eigenvalue weighted by molar-refractivity contribution is 7.89. The van der Waals surface area contributed by atoms with Crippen LogP contribution >= 0.6 is 0 Å². The van der Waals surface area contributed by atoms with Crippen LogP contribution in [0.1, 0.15) is 45.4 Å². The van der Waals surface area contributed by atoms with Gasteiger partial charge in [-0.2, -0.15) is 4.31 Å². The van der Waals surface area contributed by atoms with Crippen LogP contribution < -0.4 is 5.32 Å². The molecule has 3 rings (SSSR count). The Bertz CT molecular complexity index is 668. The predicted molar refractivity (Wildman–Crippen MR) is 89.6 cm³/mol. The van der Waals surface area contributed by atoms with Crippen LogP contribution in [0.25, 0.3) is 0 Å². The molecule has 0 unspecified atom stereocenters. The maximum absolute atomic E-state index is 13.0. The van der Waals surface area contributed by atoms with Gasteiger partial charge in [0.1, 0.15) is 0 Å². The molecule has 6 heteroatoms. The van der Waals surface area contributed by atoms with E-state index in [1.54, 1.807) is 28.6 Å². The lowest BCUT2D eigenvalue weighted by atomic mass is 9.79. The van der Waals surface area contributed by atoms with Crippen LogP contribution in [0.3, 0.4) is 0 Å². The summed E-state index contributed by atoms with van der Waals surface area (Å²) >= 11 is 0. The van der Waals surface area contributed by atoms with Gasteiger partial charge in [-0.15, -0.1) is 0 Å². The number of sulfonamides is 1. The molecule has 0 spiro atoms. The van der Waals surface area contributed by atoms with Crippen LogP contribution in [0.15, 0.2) is 29.2 Å². The average molecular weight is 336 g/mol. The number of piperidine rings is 1. The Balaban J connectivity index is 1.83. The Hall–Kier alpha value is -1.40. The molecule has 2 fully saturated rings. The zero-order chi connectivity index (χ0) is 16.4. The minimum atomic E-state index is -3.46. The molecular formula is C17H24N2O3S. The zero-order valence-corrected chi connectivity index (χ0v) is 14.3. The number of hydrogen-bond acceptors (Lipinski definition) is 3. The van der Waals surface area contributed by atoms with E-state index in [1.807, 2.05) is 0 Å². The van der Waals surface area contributed by atoms with Gasteiger partial charge in [-0.3, -0.25) is 4.79 Å². The molecule has 1 amide bonds. The zero-order valence-electron chi connectivity index (χ0n) is 13.5. The molecule has 1 saturated carbocycles. The summed E-state index contributed by atoms with van der Waals surface area (Å²) in [6.45, 7) is 2.05. The van der Waals surface area contributed by atoms with Gasteiger partial charge in [0.15, 0.2) is 0 Å². The number of carbonyl (C=O) groups excluding carboxylic acids is 1. The number of fused-ring (bicyclic) bond motifs is 1. The van der Waals surface area contributed by atoms with E-state index in [2.05, 4.69) is 5.32 Å². The van der Waals surface area contributed by atoms with Gasteiger partial charge in [0.05, 0.1) is 4.90 Å². The maximum Gasteiger partial charge on any atom is 0.243 e. The van der Waals surface area contributed by atoms with Crippen LogP contribution in [-0.2, 0) is 14.8 Å². The second-order valence-corrected chi connectivity index (χ2v) is 8.47. The van der Waals surface area contributed by atoms with Gasteiger partial charge in [-0.25, -0.2) is 8.42 Å². The summed E-state index contributed by atoms with van der Waals surface area (Å²) in [5, 5.41) is 2.66. The van der Waals surface area contributed by atoms with Crippen molar-refractivity contribution in [1.82, 2.24) is 4.31 Å². The highest BCUT2D eigenvalue weighted by atomic mass is 32.2. The van der Waals surface area contributed by atoms with Gasteiger partial charge in [0.25, 0.3) is 0 Å². The van der Waals surface area contributed by atoms with Gasteiger partial charge in [-0.05, 0) is 55.9 Å². The molecule has 1 heterocycles. The van der Waals surface area contributed by atoms with Crippen LogP contribution in [0, 0.1) is 5.92 Å². The van der Waals surface area contributed by atoms with Crippen LogP contribution in [0.5, 0.6) is 0 Å². The number of anilines is 1. The molecule has 2 atom stereocenters. The molecule has 1 N–H and O–H groups in total. The summed E-state index contributed by atoms with van der Waals surface area (Å²) in [5.74, 6) is 0.354. The third-order valence-electron chi connectivity index (χ3n) is 4.97. The molecule has 2 aliphatic rings. The number of nitrogens with zero attached hydrogens (tertiary/aromatic N) is 1. The third kappa shape index (κ3) is 3.43. The van der Waals surface area contributed by atoms with E-state index >= 15 is 0 Å². The van der Waals surface area contributed by atoms with E-state index in [1.165, 1.54) is 13.3 Å². The molecule has 0 radical (unpaired) electrons. The van der Waals surface area contributed by atoms with Gasteiger partial charge in [0.2, 0.25) is 15.9 Å². The van der Waals surface area contributed by atoms with Crippen molar-refractivity contribution in [3.8, 4) is 0 Å². The van der Waals surface area contributed by atoms with Crippen molar-refractivity contribution >= 4 is 21.6 Å². The highest BCUT2D eigenvalue weighted by Gasteiger charge is 2.39. The largest absolute Gasteiger partial charge is 0.326 e. The summed E-state index contributed by atoms with van der Waals surface area (Å²) in [5.41, 5.74) is 0.616. The molecule has 1 saturated heterocycles. The Morgan fingerprint density at radius 1 is 1.09 bits per heavy atom. The van der Waals surface area contributed by atoms with E-state index in [0.29, 0.717) is 23.0 Å². The normalized spacial score (nSPS) is 25.6. The molecule has 0 bridgehead atoms. The smallest absolute Gasteiger partial charge is 0.243 e. The lowest BCUT2D eigenvalue weighted by Gasteiger charge is -2.43. The molecule has 1 aliphatic carbocycles. The summed E-state index contributed by atoms with van der Waals surface area (Å²) in [4.78, 5) is 11.4. The first kappa shape index (κ1) is 16.5. The molecule has 126 valence electrons. The quantitative estimate of drug-likeness (QED) is 0.923. The topological polar surface area (TPSA) is 66.5 Å². The lowest BCUT2D eigenvalue weighted by molar-refractivity contribution is -0.114. The van der Waals surface area contributed by atoms with Crippen molar-refractivity contribution in [3.63, 3.8) is 0 Å². The summed E-state index contributed by atoms with van der Waals surface area (Å²) < 4.78 is 27.8. The molecule has 1 aromatic rings. The van der Waals surface area contributed by atoms with E-state index in [0.717, 1.165) is 32.1 Å². The van der Waals surface area contributed by atoms with Crippen LogP contribution in [0.2, 0.25) is 0 Å². The lowest BCUT2D eigenvalue weighted by Crippen LogP contribution is -2.49. The first-order chi connectivity index (χ1) is 11.0. The van der Waals surface area contributed by atoms with Crippen molar-refractivity contribution in [2.75, 3.05) is 11.9 Å². The van der Waals surface area contributed by atoms with E-state index < -0.39 is 10.0 Å². The number of nitrogens with one attached hydrogen (secondary N) is 1. The second kappa shape index (κ2) is 6.61. The molecule has 0 aromatic heterocycles. The number of benzene rings is 1. The Kier molecular flexibility index (Phi) is 4.73. The first-order valence-electron chi connectivity index (χ1n) is 8.38. The molecule has 1 aromatic carbocycles. The fourth-order valence-corrected chi connectivity index (χ4v) is 5.68. The van der Waals surface area contributed by atoms with Crippen LogP contribution in [-0.4, -0.2) is 31.2 Å². The standard InChI is InChI=1S/C17H24N2O3S/c1-13(20)18-15-8-10-16(11-9-15)23(21,22)19-12-4-6-14-5-2-3-7-17(14)19/h8-11,14,17H,2-7,12H2,1H3,(H,18,20)/t14-,17+/m1/s1. The number of carbonyl (C=O) groups is 1. The van der Waals surface area contributed by atoms with Crippen molar-refractivity contribution in [3.05, 3.63) is 24.3 Å². The summed E-state index contributed by atoms with van der Waals surface area (Å²) in [7, 11) is -3.46. The Morgan fingerprint density at radius 2 is 1.74 bits per heavy atom. The Labute approximate surface area is 138 Å². The van der Waals surface area contributed by atoms with Gasteiger partial charge in [0, 0.05) is 25.2 Å². The Morgan fingerprint density at radius 3 is 2.43 bits per heavy atom. The fourth-order valence-electron chi connectivity index (χ4n) is 3.93. The summed E-state index contributed by atoms with van der Waals surface area (Å²) in [6.07, 6.45) is 6.57. The molecule has 1 aliphatic heterocycles. The van der Waals surface area contributed by atoms with Crippen molar-refractivity contribution in [2.24, 2.45) is 5.92 Å². The van der Waals surface area contributed by atoms with Crippen LogP contribution in [0.4, 0.5) is 5.69 Å². The monoisotopic (exact) mass is 336 g/mol. The molecule has 5 nitrogen and oxygen atoms in total. The van der Waals surface area contributed by atoms with E-state index in [-0.39, 0.29) is 11.9 Å². The van der Waals surface area contributed by atoms with Crippen molar-refractivity contribution < 1.29 is 13.2 Å². The van der Waals surface area contributed by atoms with Crippen molar-refractivity contribution in [2.45, 2.75) is 56.4 Å². The first-order valence-corrected chi connectivity index (χ1v) is 9.82. The van der Waals surface area contributed by atoms with Gasteiger partial charge < -0.3 is 5.32 Å². The molecule has 23 heavy (non-hydrogen) atoms. The predicted octanol–water partition coefficient (Wildman–Crippen LogP) is 2.99. The van der Waals surface area contributed by atoms with E-state index in [4.69, 9.17) is 0 Å². The second-order valence-electron chi connectivity index (χ2n) is 6.58. The van der Waals surface area contributed by atoms with Gasteiger partial charge >= 0.3 is 0 Å². The minimum Gasteiger partial charge on any atom is -0.326 e. The fraction of sp³-hybridized carbons (Fsp3) is 0.588. The minimum absolute atomic E-state index is 0.164. The van der Waals surface area contributed by atoms with E-state index in [9.17, 15) is 13.2 Å². The maximum atomic E-state index is 13.0. The number of rotatable bonds is 3. The average Bonchev–Trinajstić information content (AvgIpc) is 2.54. The number of amides is 1. The highest BCUT2D eigenvalue weighted by Crippen LogP contribution is 2.38. The SMILES string of the molecule is CC(=O)Nc1ccc(S(=O)(=O)N2CCC[C@H]3CCCC[C@@H]32)cc1. The third-order valence-corrected chi connectivity index (χ3v) is 6.91. The number of hydrogen-bond donors (Lipinski definition) is 1. The molecular weight excluding hydrogens is 312 g/mol.